The van der Waals surface area contributed by atoms with E-state index in [1.54, 1.807) is 16.8 Å². The number of nitrogens with zero attached hydrogens (tertiary/aromatic N) is 2. The van der Waals surface area contributed by atoms with Crippen molar-refractivity contribution in [3.05, 3.63) is 58.5 Å². The monoisotopic (exact) mass is 368 g/mol. The third kappa shape index (κ3) is 4.64. The van der Waals surface area contributed by atoms with E-state index in [1.165, 1.54) is 6.07 Å². The molecule has 4 rings (SSSR count). The van der Waals surface area contributed by atoms with E-state index >= 15 is 0 Å². The van der Waals surface area contributed by atoms with Crippen LogP contribution in [0.25, 0.3) is 5.57 Å². The van der Waals surface area contributed by atoms with Crippen molar-refractivity contribution < 1.29 is 14.3 Å². The van der Waals surface area contributed by atoms with Gasteiger partial charge in [-0.1, -0.05) is 26.0 Å². The van der Waals surface area contributed by atoms with E-state index in [9.17, 15) is 9.59 Å². The van der Waals surface area contributed by atoms with Gasteiger partial charge in [0.1, 0.15) is 12.4 Å². The highest BCUT2D eigenvalue weighted by molar-refractivity contribution is 5.98. The fourth-order valence-electron chi connectivity index (χ4n) is 3.11. The molecule has 0 saturated heterocycles. The van der Waals surface area contributed by atoms with Crippen LogP contribution in [0.5, 0.6) is 11.8 Å². The normalized spacial score (nSPS) is 17.9. The molecule has 2 aliphatic rings. The zero-order valence-electron chi connectivity index (χ0n) is 15.7. The number of carbonyl (C=O) groups excluding carboxylic acids is 1. The molecule has 0 fully saturated rings. The zero-order valence-corrected chi connectivity index (χ0v) is 15.7. The quantitative estimate of drug-likeness (QED) is 0.828. The van der Waals surface area contributed by atoms with Gasteiger partial charge in [0, 0.05) is 18.7 Å². The first-order chi connectivity index (χ1) is 13.2. The van der Waals surface area contributed by atoms with Crippen LogP contribution in [0, 0.1) is 0 Å². The third-order valence-corrected chi connectivity index (χ3v) is 4.39. The minimum Gasteiger partial charge on any atom is -0.490 e. The summed E-state index contributed by atoms with van der Waals surface area (Å²) in [6, 6.07) is 9.51. The molecule has 0 spiro atoms. The molecule has 0 unspecified atom stereocenters. The van der Waals surface area contributed by atoms with Crippen molar-refractivity contribution >= 4 is 11.4 Å². The first-order valence-electron chi connectivity index (χ1n) is 9.38. The first-order valence-corrected chi connectivity index (χ1v) is 9.38. The number of carbonyl (C=O) groups is 1. The van der Waals surface area contributed by atoms with E-state index in [0.717, 1.165) is 29.7 Å². The Morgan fingerprint density at radius 1 is 1.15 bits per heavy atom. The average molecular weight is 368 g/mol. The highest BCUT2D eigenvalue weighted by atomic mass is 16.6. The Morgan fingerprint density at radius 2 is 1.93 bits per heavy atom. The van der Waals surface area contributed by atoms with Crippen molar-refractivity contribution in [1.82, 2.24) is 9.55 Å². The molecular weight excluding hydrogens is 344 g/mol. The lowest BCUT2D eigenvalue weighted by Gasteiger charge is -2.14. The minimum absolute atomic E-state index is 0.173. The predicted octanol–water partition coefficient (Wildman–Crippen LogP) is 3.25. The molecule has 1 aromatic heterocycles. The van der Waals surface area contributed by atoms with E-state index in [1.807, 2.05) is 38.1 Å². The van der Waals surface area contributed by atoms with Crippen LogP contribution in [0.15, 0.2) is 47.4 Å². The lowest BCUT2D eigenvalue weighted by molar-refractivity contribution is -0.114. The van der Waals surface area contributed by atoms with Crippen molar-refractivity contribution in [2.24, 2.45) is 0 Å². The molecule has 0 amide bonds. The lowest BCUT2D eigenvalue weighted by atomic mass is 9.93. The van der Waals surface area contributed by atoms with Crippen LogP contribution in [0.4, 0.5) is 0 Å². The van der Waals surface area contributed by atoms with Gasteiger partial charge in [0.2, 0.25) is 0 Å². The lowest BCUT2D eigenvalue weighted by Crippen LogP contribution is -2.23. The number of fused-ring (bicyclic) bond motifs is 1. The van der Waals surface area contributed by atoms with Crippen LogP contribution >= 0.6 is 0 Å². The van der Waals surface area contributed by atoms with Crippen molar-refractivity contribution in [1.29, 1.82) is 0 Å². The van der Waals surface area contributed by atoms with Crippen LogP contribution < -0.4 is 15.0 Å². The molecule has 6 nitrogen and oxygen atoms in total. The molecule has 6 heteroatoms. The molecule has 142 valence electrons. The number of ether oxygens (including phenoxy) is 2. The Hall–Kier alpha value is -2.89. The highest BCUT2D eigenvalue weighted by Gasteiger charge is 2.23. The van der Waals surface area contributed by atoms with Gasteiger partial charge in [0.25, 0.3) is 11.6 Å². The van der Waals surface area contributed by atoms with Gasteiger partial charge < -0.3 is 9.47 Å². The molecule has 1 atom stereocenters. The molecule has 1 aliphatic carbocycles. The summed E-state index contributed by atoms with van der Waals surface area (Å²) in [5, 5.41) is 0. The Labute approximate surface area is 158 Å². The summed E-state index contributed by atoms with van der Waals surface area (Å²) in [5.74, 6) is 0.945. The van der Waals surface area contributed by atoms with Crippen molar-refractivity contribution in [3.63, 3.8) is 0 Å². The summed E-state index contributed by atoms with van der Waals surface area (Å²) >= 11 is 0. The SMILES string of the molecule is CC.O=C1C=C(c2ccc(OC[C@@H]3Cn4ccc(=O)nc4O3)cc2)CCC1. The molecule has 27 heavy (non-hydrogen) atoms. The van der Waals surface area contributed by atoms with E-state index in [4.69, 9.17) is 9.47 Å². The second kappa shape index (κ2) is 8.66. The van der Waals surface area contributed by atoms with Crippen LogP contribution in [0.2, 0.25) is 0 Å². The van der Waals surface area contributed by atoms with Crippen molar-refractivity contribution in [2.45, 2.75) is 45.8 Å². The molecular formula is C21H24N2O4. The number of rotatable bonds is 4. The molecule has 0 radical (unpaired) electrons. The van der Waals surface area contributed by atoms with Gasteiger partial charge in [-0.05, 0) is 42.2 Å². The van der Waals surface area contributed by atoms with Gasteiger partial charge in [-0.15, -0.1) is 0 Å². The number of ketones is 1. The standard InChI is InChI=1S/C19H18N2O4.C2H6/c22-15-3-1-2-14(10-15)13-4-6-16(7-5-13)24-12-17-11-21-9-8-18(23)20-19(21)25-17;1-2/h4-10,17H,1-3,11-12H2;1-2H3/t17-;/m0./s1. The number of hydrogen-bond donors (Lipinski definition) is 0. The largest absolute Gasteiger partial charge is 0.490 e. The van der Waals surface area contributed by atoms with Crippen LogP contribution in [0.3, 0.4) is 0 Å². The Balaban J connectivity index is 0.00000102. The molecule has 1 aromatic carbocycles. The van der Waals surface area contributed by atoms with Crippen LogP contribution in [-0.4, -0.2) is 28.0 Å². The molecule has 0 bridgehead atoms. The predicted molar refractivity (Wildman–Crippen MR) is 103 cm³/mol. The number of allylic oxidation sites excluding steroid dienone is 2. The highest BCUT2D eigenvalue weighted by Crippen LogP contribution is 2.27. The third-order valence-electron chi connectivity index (χ3n) is 4.39. The first kappa shape index (κ1) is 18.9. The molecule has 1 aliphatic heterocycles. The van der Waals surface area contributed by atoms with Crippen molar-refractivity contribution in [3.8, 4) is 11.8 Å². The van der Waals surface area contributed by atoms with Gasteiger partial charge in [-0.3, -0.25) is 14.2 Å². The van der Waals surface area contributed by atoms with Gasteiger partial charge in [0.15, 0.2) is 11.9 Å². The summed E-state index contributed by atoms with van der Waals surface area (Å²) in [6.45, 7) is 4.98. The van der Waals surface area contributed by atoms with Gasteiger partial charge in [-0.2, -0.15) is 4.98 Å². The van der Waals surface area contributed by atoms with Crippen molar-refractivity contribution in [2.75, 3.05) is 6.61 Å². The second-order valence-corrected chi connectivity index (χ2v) is 6.27. The number of aromatic nitrogens is 2. The molecule has 2 aromatic rings. The second-order valence-electron chi connectivity index (χ2n) is 6.27. The van der Waals surface area contributed by atoms with Gasteiger partial charge >= 0.3 is 0 Å². The fourth-order valence-corrected chi connectivity index (χ4v) is 3.11. The summed E-state index contributed by atoms with van der Waals surface area (Å²) in [4.78, 5) is 26.6. The maximum Gasteiger partial charge on any atom is 0.300 e. The summed E-state index contributed by atoms with van der Waals surface area (Å²) in [6.07, 6.45) is 5.75. The summed E-state index contributed by atoms with van der Waals surface area (Å²) in [5.41, 5.74) is 1.85. The Bertz CT molecular complexity index is 884. The van der Waals surface area contributed by atoms with Gasteiger partial charge in [0.05, 0.1) is 6.54 Å². The van der Waals surface area contributed by atoms with E-state index in [0.29, 0.717) is 25.6 Å². The molecule has 2 heterocycles. The average Bonchev–Trinajstić information content (AvgIpc) is 3.10. The maximum absolute atomic E-state index is 11.5. The Kier molecular flexibility index (Phi) is 6.06. The summed E-state index contributed by atoms with van der Waals surface area (Å²) in [7, 11) is 0. The van der Waals surface area contributed by atoms with E-state index in [-0.39, 0.29) is 17.4 Å². The zero-order chi connectivity index (χ0) is 19.2. The fraction of sp³-hybridized carbons (Fsp3) is 0.381. The summed E-state index contributed by atoms with van der Waals surface area (Å²) < 4.78 is 13.2. The van der Waals surface area contributed by atoms with Gasteiger partial charge in [-0.25, -0.2) is 0 Å². The topological polar surface area (TPSA) is 70.4 Å². The number of benzene rings is 1. The number of hydrogen-bond acceptors (Lipinski definition) is 5. The van der Waals surface area contributed by atoms with E-state index in [2.05, 4.69) is 4.98 Å². The minimum atomic E-state index is -0.307. The maximum atomic E-state index is 11.5. The smallest absolute Gasteiger partial charge is 0.300 e. The van der Waals surface area contributed by atoms with E-state index < -0.39 is 0 Å². The molecule has 0 saturated carbocycles. The Morgan fingerprint density at radius 3 is 2.67 bits per heavy atom. The molecule has 0 N–H and O–H groups in total. The van der Waals surface area contributed by atoms with Crippen LogP contribution in [0.1, 0.15) is 38.7 Å². The van der Waals surface area contributed by atoms with Crippen LogP contribution in [-0.2, 0) is 11.3 Å².